The molecule has 1 N–H and O–H groups in total. The van der Waals surface area contributed by atoms with Gasteiger partial charge in [-0.15, -0.1) is 5.10 Å². The van der Waals surface area contributed by atoms with Crippen LogP contribution in [0.5, 0.6) is 0 Å². The van der Waals surface area contributed by atoms with Crippen molar-refractivity contribution < 1.29 is 4.79 Å². The molecule has 0 aliphatic rings. The molecule has 0 bridgehead atoms. The summed E-state index contributed by atoms with van der Waals surface area (Å²) in [5, 5.41) is 8.45. The third-order valence-corrected chi connectivity index (χ3v) is 4.80. The fraction of sp³-hybridized carbons (Fsp3) is 0.0455. The van der Waals surface area contributed by atoms with E-state index in [0.717, 1.165) is 16.8 Å². The Balaban J connectivity index is 1.74. The maximum atomic E-state index is 12.7. The van der Waals surface area contributed by atoms with Crippen LogP contribution >= 0.6 is 23.2 Å². The number of carbonyl (C=O) groups is 1. The highest BCUT2D eigenvalue weighted by molar-refractivity contribution is 6.30. The monoisotopic (exact) mass is 422 g/mol. The highest BCUT2D eigenvalue weighted by Gasteiger charge is 2.19. The van der Waals surface area contributed by atoms with Gasteiger partial charge in [0.15, 0.2) is 5.82 Å². The number of nitrogens with one attached hydrogen (secondary N) is 1. The average Bonchev–Trinajstić information content (AvgIpc) is 3.16. The SMILES string of the molecule is Cc1ccc(-c2nc(C(=O)Nc3ccc(Cl)cc3)nn2-c2ccc(Cl)cc2)cc1. The molecule has 1 aromatic heterocycles. The zero-order valence-electron chi connectivity index (χ0n) is 15.4. The summed E-state index contributed by atoms with van der Waals surface area (Å²) in [6.45, 7) is 2.01. The molecular weight excluding hydrogens is 407 g/mol. The lowest BCUT2D eigenvalue weighted by atomic mass is 10.1. The Labute approximate surface area is 177 Å². The molecule has 4 rings (SSSR count). The van der Waals surface area contributed by atoms with Crippen LogP contribution in [0.25, 0.3) is 17.1 Å². The van der Waals surface area contributed by atoms with Crippen molar-refractivity contribution in [1.29, 1.82) is 0 Å². The summed E-state index contributed by atoms with van der Waals surface area (Å²) in [4.78, 5) is 17.2. The number of hydrogen-bond acceptors (Lipinski definition) is 3. The predicted molar refractivity (Wildman–Crippen MR) is 116 cm³/mol. The molecule has 0 aliphatic heterocycles. The maximum Gasteiger partial charge on any atom is 0.295 e. The lowest BCUT2D eigenvalue weighted by molar-refractivity contribution is 0.101. The summed E-state index contributed by atoms with van der Waals surface area (Å²) in [6, 6.07) is 21.9. The normalized spacial score (nSPS) is 10.7. The summed E-state index contributed by atoms with van der Waals surface area (Å²) < 4.78 is 1.64. The standard InChI is InChI=1S/C22H16Cl2N4O/c1-14-2-4-15(5-3-14)21-26-20(22(29)25-18-10-6-16(23)7-11-18)27-28(21)19-12-8-17(24)9-13-19/h2-13H,1H3,(H,25,29). The summed E-state index contributed by atoms with van der Waals surface area (Å²) in [6.07, 6.45) is 0. The summed E-state index contributed by atoms with van der Waals surface area (Å²) in [7, 11) is 0. The second-order valence-corrected chi connectivity index (χ2v) is 7.35. The van der Waals surface area contributed by atoms with E-state index >= 15 is 0 Å². The lowest BCUT2D eigenvalue weighted by Crippen LogP contribution is -2.14. The molecule has 0 unspecified atom stereocenters. The molecule has 0 fully saturated rings. The highest BCUT2D eigenvalue weighted by atomic mass is 35.5. The maximum absolute atomic E-state index is 12.7. The van der Waals surface area contributed by atoms with Gasteiger partial charge in [0.25, 0.3) is 5.91 Å². The van der Waals surface area contributed by atoms with Crippen molar-refractivity contribution in [2.24, 2.45) is 0 Å². The average molecular weight is 423 g/mol. The van der Waals surface area contributed by atoms with Gasteiger partial charge in [-0.3, -0.25) is 4.79 Å². The van der Waals surface area contributed by atoms with E-state index in [1.165, 1.54) is 0 Å². The van der Waals surface area contributed by atoms with E-state index in [9.17, 15) is 4.79 Å². The van der Waals surface area contributed by atoms with Crippen LogP contribution in [0.2, 0.25) is 10.0 Å². The van der Waals surface area contributed by atoms with E-state index in [4.69, 9.17) is 23.2 Å². The molecule has 4 aromatic rings. The van der Waals surface area contributed by atoms with E-state index in [2.05, 4.69) is 15.4 Å². The molecule has 3 aromatic carbocycles. The molecule has 144 valence electrons. The number of aromatic nitrogens is 3. The van der Waals surface area contributed by atoms with Crippen LogP contribution in [-0.4, -0.2) is 20.7 Å². The number of amides is 1. The lowest BCUT2D eigenvalue weighted by Gasteiger charge is -2.06. The van der Waals surface area contributed by atoms with Gasteiger partial charge in [-0.1, -0.05) is 53.0 Å². The number of hydrogen-bond donors (Lipinski definition) is 1. The Kier molecular flexibility index (Phi) is 5.34. The second-order valence-electron chi connectivity index (χ2n) is 6.47. The molecule has 0 aliphatic carbocycles. The van der Waals surface area contributed by atoms with Crippen molar-refractivity contribution in [3.8, 4) is 17.1 Å². The molecule has 0 radical (unpaired) electrons. The van der Waals surface area contributed by atoms with Crippen molar-refractivity contribution in [2.45, 2.75) is 6.92 Å². The zero-order valence-corrected chi connectivity index (χ0v) is 16.9. The van der Waals surface area contributed by atoms with Crippen LogP contribution in [0.4, 0.5) is 5.69 Å². The van der Waals surface area contributed by atoms with Gasteiger partial charge in [0, 0.05) is 21.3 Å². The summed E-state index contributed by atoms with van der Waals surface area (Å²) in [5.41, 5.74) is 3.35. The van der Waals surface area contributed by atoms with Crippen LogP contribution in [0.15, 0.2) is 72.8 Å². The van der Waals surface area contributed by atoms with Gasteiger partial charge < -0.3 is 5.32 Å². The van der Waals surface area contributed by atoms with Crippen molar-refractivity contribution in [2.75, 3.05) is 5.32 Å². The minimum atomic E-state index is -0.409. The largest absolute Gasteiger partial charge is 0.319 e. The molecule has 5 nitrogen and oxygen atoms in total. The third kappa shape index (κ3) is 4.31. The second kappa shape index (κ2) is 8.07. The van der Waals surface area contributed by atoms with E-state index in [1.807, 2.05) is 43.3 Å². The van der Waals surface area contributed by atoms with Gasteiger partial charge in [0.1, 0.15) is 0 Å². The Morgan fingerprint density at radius 2 is 1.45 bits per heavy atom. The predicted octanol–water partition coefficient (Wildman–Crippen LogP) is 5.80. The van der Waals surface area contributed by atoms with Gasteiger partial charge >= 0.3 is 0 Å². The topological polar surface area (TPSA) is 59.8 Å². The first-order valence-electron chi connectivity index (χ1n) is 8.86. The van der Waals surface area contributed by atoms with Crippen molar-refractivity contribution in [3.63, 3.8) is 0 Å². The smallest absolute Gasteiger partial charge is 0.295 e. The van der Waals surface area contributed by atoms with Gasteiger partial charge in [-0.2, -0.15) is 0 Å². The number of halogens is 2. The fourth-order valence-electron chi connectivity index (χ4n) is 2.78. The molecule has 0 atom stereocenters. The van der Waals surface area contributed by atoms with Crippen molar-refractivity contribution in [3.05, 3.63) is 94.2 Å². The molecular formula is C22H16Cl2N4O. The van der Waals surface area contributed by atoms with Crippen LogP contribution < -0.4 is 5.32 Å². The molecule has 1 amide bonds. The minimum absolute atomic E-state index is 0.0606. The molecule has 0 saturated carbocycles. The number of benzene rings is 3. The van der Waals surface area contributed by atoms with Crippen molar-refractivity contribution in [1.82, 2.24) is 14.8 Å². The fourth-order valence-corrected chi connectivity index (χ4v) is 3.03. The van der Waals surface area contributed by atoms with E-state index in [-0.39, 0.29) is 5.82 Å². The quantitative estimate of drug-likeness (QED) is 0.451. The zero-order chi connectivity index (χ0) is 20.4. The summed E-state index contributed by atoms with van der Waals surface area (Å²) in [5.74, 6) is 0.215. The molecule has 0 saturated heterocycles. The van der Waals surface area contributed by atoms with Gasteiger partial charge in [-0.25, -0.2) is 9.67 Å². The first-order valence-corrected chi connectivity index (χ1v) is 9.62. The van der Waals surface area contributed by atoms with Gasteiger partial charge in [0.05, 0.1) is 5.69 Å². The van der Waals surface area contributed by atoms with Crippen LogP contribution in [-0.2, 0) is 0 Å². The highest BCUT2D eigenvalue weighted by Crippen LogP contribution is 2.23. The Morgan fingerprint density at radius 3 is 2.07 bits per heavy atom. The van der Waals surface area contributed by atoms with Crippen LogP contribution in [0.1, 0.15) is 16.2 Å². The molecule has 0 spiro atoms. The Morgan fingerprint density at radius 1 is 0.862 bits per heavy atom. The molecule has 29 heavy (non-hydrogen) atoms. The Bertz CT molecular complexity index is 1090. The Hall–Kier alpha value is -3.15. The molecule has 1 heterocycles. The van der Waals surface area contributed by atoms with E-state index < -0.39 is 5.91 Å². The van der Waals surface area contributed by atoms with Gasteiger partial charge in [-0.05, 0) is 55.5 Å². The first-order chi connectivity index (χ1) is 14.0. The van der Waals surface area contributed by atoms with Crippen LogP contribution in [0, 0.1) is 6.92 Å². The van der Waals surface area contributed by atoms with Crippen LogP contribution in [0.3, 0.4) is 0 Å². The third-order valence-electron chi connectivity index (χ3n) is 4.29. The number of anilines is 1. The first kappa shape index (κ1) is 19.2. The van der Waals surface area contributed by atoms with E-state index in [0.29, 0.717) is 21.6 Å². The van der Waals surface area contributed by atoms with E-state index in [1.54, 1.807) is 41.1 Å². The minimum Gasteiger partial charge on any atom is -0.319 e. The summed E-state index contributed by atoms with van der Waals surface area (Å²) >= 11 is 11.9. The number of nitrogens with zero attached hydrogens (tertiary/aromatic N) is 3. The number of aryl methyl sites for hydroxylation is 1. The molecule has 7 heteroatoms. The number of carbonyl (C=O) groups excluding carboxylic acids is 1. The number of rotatable bonds is 4. The van der Waals surface area contributed by atoms with Crippen molar-refractivity contribution >= 4 is 34.8 Å². The van der Waals surface area contributed by atoms with Gasteiger partial charge in [0.2, 0.25) is 5.82 Å².